The molecule has 1 saturated carbocycles. The molecular formula is C13H22N2O3. The van der Waals surface area contributed by atoms with E-state index >= 15 is 0 Å². The standard InChI is InChI=1S/C13H22N2O3/c16-10-6-2-5-9-15-12(18)14-11(17)13(15)7-3-1-4-8-13/h16H,1-10H2,(H,14,17,18). The highest BCUT2D eigenvalue weighted by atomic mass is 16.3. The summed E-state index contributed by atoms with van der Waals surface area (Å²) in [5.74, 6) is -0.102. The predicted molar refractivity (Wildman–Crippen MR) is 67.0 cm³/mol. The van der Waals surface area contributed by atoms with Crippen molar-refractivity contribution in [1.82, 2.24) is 10.2 Å². The van der Waals surface area contributed by atoms with Crippen LogP contribution in [0.2, 0.25) is 0 Å². The van der Waals surface area contributed by atoms with Crippen molar-refractivity contribution in [3.63, 3.8) is 0 Å². The van der Waals surface area contributed by atoms with Gasteiger partial charge in [0.25, 0.3) is 5.91 Å². The van der Waals surface area contributed by atoms with E-state index in [1.807, 2.05) is 0 Å². The molecule has 2 fully saturated rings. The summed E-state index contributed by atoms with van der Waals surface area (Å²) < 4.78 is 0. The van der Waals surface area contributed by atoms with E-state index in [0.717, 1.165) is 51.4 Å². The maximum Gasteiger partial charge on any atom is 0.325 e. The number of hydrogen-bond donors (Lipinski definition) is 2. The van der Waals surface area contributed by atoms with Crippen molar-refractivity contribution in [2.75, 3.05) is 13.2 Å². The van der Waals surface area contributed by atoms with Crippen LogP contribution in [0.1, 0.15) is 51.4 Å². The molecule has 0 aromatic heterocycles. The van der Waals surface area contributed by atoms with E-state index in [9.17, 15) is 9.59 Å². The fourth-order valence-corrected chi connectivity index (χ4v) is 3.11. The number of carbonyl (C=O) groups excluding carboxylic acids is 2. The SMILES string of the molecule is O=C1NC(=O)C2(CCCCC2)N1CCCCCO. The molecule has 1 spiro atoms. The number of aliphatic hydroxyl groups is 1. The Morgan fingerprint density at radius 1 is 1.11 bits per heavy atom. The number of aliphatic hydroxyl groups excluding tert-OH is 1. The zero-order valence-corrected chi connectivity index (χ0v) is 10.8. The first kappa shape index (κ1) is 13.3. The number of rotatable bonds is 5. The highest BCUT2D eigenvalue weighted by molar-refractivity contribution is 6.07. The van der Waals surface area contributed by atoms with Gasteiger partial charge in [0.2, 0.25) is 0 Å². The van der Waals surface area contributed by atoms with Crippen molar-refractivity contribution in [3.05, 3.63) is 0 Å². The molecule has 3 amide bonds. The average molecular weight is 254 g/mol. The fraction of sp³-hybridized carbons (Fsp3) is 0.846. The van der Waals surface area contributed by atoms with Crippen LogP contribution < -0.4 is 5.32 Å². The maximum atomic E-state index is 12.0. The maximum absolute atomic E-state index is 12.0. The average Bonchev–Trinajstić information content (AvgIpc) is 2.59. The molecule has 2 rings (SSSR count). The molecule has 102 valence electrons. The van der Waals surface area contributed by atoms with Crippen molar-refractivity contribution in [2.24, 2.45) is 0 Å². The number of nitrogens with one attached hydrogen (secondary N) is 1. The van der Waals surface area contributed by atoms with E-state index in [0.29, 0.717) is 6.54 Å². The highest BCUT2D eigenvalue weighted by Crippen LogP contribution is 2.37. The third kappa shape index (κ3) is 2.36. The third-order valence-corrected chi connectivity index (χ3v) is 4.13. The van der Waals surface area contributed by atoms with Crippen LogP contribution >= 0.6 is 0 Å². The summed E-state index contributed by atoms with van der Waals surface area (Å²) in [5, 5.41) is 11.2. The van der Waals surface area contributed by atoms with Crippen LogP contribution in [0.15, 0.2) is 0 Å². The van der Waals surface area contributed by atoms with Gasteiger partial charge in [-0.05, 0) is 32.1 Å². The summed E-state index contributed by atoms with van der Waals surface area (Å²) in [5.41, 5.74) is -0.561. The van der Waals surface area contributed by atoms with E-state index in [-0.39, 0.29) is 18.5 Å². The summed E-state index contributed by atoms with van der Waals surface area (Å²) in [7, 11) is 0. The quantitative estimate of drug-likeness (QED) is 0.575. The van der Waals surface area contributed by atoms with Gasteiger partial charge < -0.3 is 10.0 Å². The van der Waals surface area contributed by atoms with Crippen molar-refractivity contribution < 1.29 is 14.7 Å². The Morgan fingerprint density at radius 2 is 1.83 bits per heavy atom. The first-order chi connectivity index (χ1) is 8.70. The molecule has 0 atom stereocenters. The Morgan fingerprint density at radius 3 is 2.50 bits per heavy atom. The first-order valence-electron chi connectivity index (χ1n) is 6.95. The number of unbranched alkanes of at least 4 members (excludes halogenated alkanes) is 2. The van der Waals surface area contributed by atoms with Gasteiger partial charge in [0.15, 0.2) is 0 Å². The van der Waals surface area contributed by atoms with Crippen molar-refractivity contribution in [3.8, 4) is 0 Å². The second-order valence-electron chi connectivity index (χ2n) is 5.29. The van der Waals surface area contributed by atoms with Gasteiger partial charge in [-0.25, -0.2) is 4.79 Å². The predicted octanol–water partition coefficient (Wildman–Crippen LogP) is 1.40. The van der Waals surface area contributed by atoms with E-state index < -0.39 is 5.54 Å². The normalized spacial score (nSPS) is 22.6. The van der Waals surface area contributed by atoms with Crippen LogP contribution in [-0.4, -0.2) is 40.6 Å². The molecule has 0 aromatic carbocycles. The molecule has 5 heteroatoms. The van der Waals surface area contributed by atoms with Crippen LogP contribution in [0.3, 0.4) is 0 Å². The van der Waals surface area contributed by atoms with Gasteiger partial charge in [-0.1, -0.05) is 19.3 Å². The van der Waals surface area contributed by atoms with Gasteiger partial charge in [-0.3, -0.25) is 10.1 Å². The van der Waals surface area contributed by atoms with Crippen LogP contribution in [0.4, 0.5) is 4.79 Å². The third-order valence-electron chi connectivity index (χ3n) is 4.13. The number of carbonyl (C=O) groups is 2. The minimum Gasteiger partial charge on any atom is -0.396 e. The Hall–Kier alpha value is -1.10. The molecule has 5 nitrogen and oxygen atoms in total. The Kier molecular flexibility index (Phi) is 4.22. The van der Waals surface area contributed by atoms with E-state index in [2.05, 4.69) is 5.32 Å². The fourth-order valence-electron chi connectivity index (χ4n) is 3.11. The van der Waals surface area contributed by atoms with Crippen LogP contribution in [-0.2, 0) is 4.79 Å². The second kappa shape index (κ2) is 5.69. The lowest BCUT2D eigenvalue weighted by atomic mass is 9.80. The Balaban J connectivity index is 2.00. The minimum atomic E-state index is -0.561. The number of nitrogens with zero attached hydrogens (tertiary/aromatic N) is 1. The van der Waals surface area contributed by atoms with E-state index in [1.54, 1.807) is 4.90 Å². The Bertz CT molecular complexity index is 324. The molecule has 0 bridgehead atoms. The number of amides is 3. The molecule has 1 aliphatic heterocycles. The van der Waals surface area contributed by atoms with Crippen LogP contribution in [0, 0.1) is 0 Å². The zero-order valence-electron chi connectivity index (χ0n) is 10.8. The van der Waals surface area contributed by atoms with E-state index in [1.165, 1.54) is 0 Å². The molecule has 2 aliphatic rings. The van der Waals surface area contributed by atoms with Gasteiger partial charge in [0.1, 0.15) is 5.54 Å². The van der Waals surface area contributed by atoms with Gasteiger partial charge in [0, 0.05) is 13.2 Å². The minimum absolute atomic E-state index is 0.102. The lowest BCUT2D eigenvalue weighted by molar-refractivity contribution is -0.128. The molecule has 18 heavy (non-hydrogen) atoms. The summed E-state index contributed by atoms with van der Waals surface area (Å²) in [6, 6.07) is -0.231. The molecule has 1 aliphatic carbocycles. The summed E-state index contributed by atoms with van der Waals surface area (Å²) in [4.78, 5) is 25.7. The van der Waals surface area contributed by atoms with Crippen LogP contribution in [0.25, 0.3) is 0 Å². The molecular weight excluding hydrogens is 232 g/mol. The largest absolute Gasteiger partial charge is 0.396 e. The molecule has 1 heterocycles. The monoisotopic (exact) mass is 254 g/mol. The molecule has 0 aromatic rings. The van der Waals surface area contributed by atoms with Gasteiger partial charge in [0.05, 0.1) is 0 Å². The topological polar surface area (TPSA) is 69.6 Å². The lowest BCUT2D eigenvalue weighted by Gasteiger charge is -2.38. The second-order valence-corrected chi connectivity index (χ2v) is 5.29. The van der Waals surface area contributed by atoms with Gasteiger partial charge in [-0.2, -0.15) is 0 Å². The first-order valence-corrected chi connectivity index (χ1v) is 6.95. The van der Waals surface area contributed by atoms with Gasteiger partial charge >= 0.3 is 6.03 Å². The highest BCUT2D eigenvalue weighted by Gasteiger charge is 2.52. The molecule has 0 radical (unpaired) electrons. The summed E-state index contributed by atoms with van der Waals surface area (Å²) in [6.45, 7) is 0.813. The summed E-state index contributed by atoms with van der Waals surface area (Å²) >= 11 is 0. The lowest BCUT2D eigenvalue weighted by Crippen LogP contribution is -2.51. The zero-order chi connectivity index (χ0) is 13.0. The molecule has 2 N–H and O–H groups in total. The number of hydrogen-bond acceptors (Lipinski definition) is 3. The number of urea groups is 1. The van der Waals surface area contributed by atoms with Gasteiger partial charge in [-0.15, -0.1) is 0 Å². The number of imide groups is 1. The van der Waals surface area contributed by atoms with Crippen molar-refractivity contribution >= 4 is 11.9 Å². The smallest absolute Gasteiger partial charge is 0.325 e. The Labute approximate surface area is 108 Å². The van der Waals surface area contributed by atoms with E-state index in [4.69, 9.17) is 5.11 Å². The van der Waals surface area contributed by atoms with Crippen molar-refractivity contribution in [1.29, 1.82) is 0 Å². The molecule has 0 unspecified atom stereocenters. The van der Waals surface area contributed by atoms with Crippen LogP contribution in [0.5, 0.6) is 0 Å². The van der Waals surface area contributed by atoms with Crippen molar-refractivity contribution in [2.45, 2.75) is 56.9 Å². The summed E-state index contributed by atoms with van der Waals surface area (Å²) in [6.07, 6.45) is 7.29. The molecule has 1 saturated heterocycles.